The third-order valence-corrected chi connectivity index (χ3v) is 4.59. The monoisotopic (exact) mass is 336 g/mol. The van der Waals surface area contributed by atoms with E-state index in [1.807, 2.05) is 18.2 Å². The zero-order chi connectivity index (χ0) is 16.1. The van der Waals surface area contributed by atoms with Gasteiger partial charge in [0, 0.05) is 37.6 Å². The number of benzene rings is 1. The summed E-state index contributed by atoms with van der Waals surface area (Å²) in [4.78, 5) is 7.24. The lowest BCUT2D eigenvalue weighted by atomic mass is 10.2. The van der Waals surface area contributed by atoms with E-state index >= 15 is 0 Å². The molecule has 3 rings (SSSR count). The summed E-state index contributed by atoms with van der Waals surface area (Å²) in [6.07, 6.45) is 2.98. The van der Waals surface area contributed by atoms with Gasteiger partial charge in [0.1, 0.15) is 5.82 Å². The number of ether oxygens (including phenoxy) is 1. The first-order chi connectivity index (χ1) is 11.3. The summed E-state index contributed by atoms with van der Waals surface area (Å²) in [7, 11) is 0. The molecular weight excluding hydrogens is 312 g/mol. The number of rotatable bonds is 7. The smallest absolute Gasteiger partial charge is 0.109 e. The minimum Gasteiger partial charge on any atom is -0.379 e. The number of morpholine rings is 1. The van der Waals surface area contributed by atoms with Crippen LogP contribution in [0, 0.1) is 0 Å². The van der Waals surface area contributed by atoms with Crippen molar-refractivity contribution in [3.05, 3.63) is 29.0 Å². The van der Waals surface area contributed by atoms with Crippen molar-refractivity contribution in [3.63, 3.8) is 0 Å². The first kappa shape index (κ1) is 16.7. The van der Waals surface area contributed by atoms with Gasteiger partial charge >= 0.3 is 0 Å². The van der Waals surface area contributed by atoms with Crippen LogP contribution in [0.4, 0.5) is 0 Å². The van der Waals surface area contributed by atoms with Gasteiger partial charge in [0.15, 0.2) is 0 Å². The minimum absolute atomic E-state index is 0.692. The number of hydrogen-bond donors (Lipinski definition) is 1. The van der Waals surface area contributed by atoms with Gasteiger partial charge in [0.2, 0.25) is 0 Å². The van der Waals surface area contributed by atoms with Crippen molar-refractivity contribution in [1.82, 2.24) is 14.5 Å². The van der Waals surface area contributed by atoms with Gasteiger partial charge < -0.3 is 15.0 Å². The van der Waals surface area contributed by atoms with Crippen molar-refractivity contribution in [2.24, 2.45) is 5.73 Å². The SMILES string of the molecule is NCCCc1nc2ccc(Cl)cc2n1CCCN1CCOCC1. The number of halogens is 1. The normalized spacial score (nSPS) is 16.3. The van der Waals surface area contributed by atoms with Gasteiger partial charge in [-0.25, -0.2) is 4.98 Å². The van der Waals surface area contributed by atoms with Gasteiger partial charge in [-0.3, -0.25) is 4.90 Å². The number of aromatic nitrogens is 2. The first-order valence-electron chi connectivity index (χ1n) is 8.43. The van der Waals surface area contributed by atoms with Crippen LogP contribution in [0.1, 0.15) is 18.7 Å². The molecule has 5 nitrogen and oxygen atoms in total. The molecule has 2 heterocycles. The highest BCUT2D eigenvalue weighted by atomic mass is 35.5. The molecule has 0 spiro atoms. The van der Waals surface area contributed by atoms with E-state index in [-0.39, 0.29) is 0 Å². The summed E-state index contributed by atoms with van der Waals surface area (Å²) >= 11 is 6.18. The number of nitrogens with zero attached hydrogens (tertiary/aromatic N) is 3. The van der Waals surface area contributed by atoms with E-state index in [0.29, 0.717) is 6.54 Å². The zero-order valence-electron chi connectivity index (χ0n) is 13.5. The average molecular weight is 337 g/mol. The molecular formula is C17H25ClN4O. The Hall–Kier alpha value is -1.14. The Bertz CT molecular complexity index is 637. The maximum Gasteiger partial charge on any atom is 0.109 e. The maximum atomic E-state index is 6.18. The van der Waals surface area contributed by atoms with Crippen molar-refractivity contribution in [2.45, 2.75) is 25.8 Å². The van der Waals surface area contributed by atoms with Crippen LogP contribution in [-0.2, 0) is 17.7 Å². The molecule has 1 fully saturated rings. The first-order valence-corrected chi connectivity index (χ1v) is 8.80. The topological polar surface area (TPSA) is 56.3 Å². The van der Waals surface area contributed by atoms with E-state index in [2.05, 4.69) is 9.47 Å². The van der Waals surface area contributed by atoms with Gasteiger partial charge in [0.05, 0.1) is 24.2 Å². The molecule has 0 bridgehead atoms. The molecule has 23 heavy (non-hydrogen) atoms. The highest BCUT2D eigenvalue weighted by molar-refractivity contribution is 6.31. The Balaban J connectivity index is 1.72. The molecule has 0 saturated carbocycles. The molecule has 0 aliphatic carbocycles. The van der Waals surface area contributed by atoms with Crippen molar-refractivity contribution in [3.8, 4) is 0 Å². The summed E-state index contributed by atoms with van der Waals surface area (Å²) in [6.45, 7) is 6.54. The van der Waals surface area contributed by atoms with E-state index in [9.17, 15) is 0 Å². The molecule has 0 atom stereocenters. The number of aryl methyl sites for hydroxylation is 2. The van der Waals surface area contributed by atoms with Crippen molar-refractivity contribution in [1.29, 1.82) is 0 Å². The molecule has 1 aliphatic rings. The molecule has 6 heteroatoms. The lowest BCUT2D eigenvalue weighted by Crippen LogP contribution is -2.37. The van der Waals surface area contributed by atoms with Crippen LogP contribution in [0.15, 0.2) is 18.2 Å². The van der Waals surface area contributed by atoms with Crippen molar-refractivity contribution in [2.75, 3.05) is 39.4 Å². The molecule has 2 N–H and O–H groups in total. The predicted octanol–water partition coefficient (Wildman–Crippen LogP) is 2.30. The molecule has 1 saturated heterocycles. The Morgan fingerprint density at radius 2 is 2.00 bits per heavy atom. The van der Waals surface area contributed by atoms with Gasteiger partial charge in [-0.1, -0.05) is 11.6 Å². The van der Waals surface area contributed by atoms with Crippen LogP contribution in [0.25, 0.3) is 11.0 Å². The van der Waals surface area contributed by atoms with Gasteiger partial charge in [0.25, 0.3) is 0 Å². The Morgan fingerprint density at radius 1 is 1.17 bits per heavy atom. The molecule has 1 aromatic carbocycles. The third-order valence-electron chi connectivity index (χ3n) is 4.35. The number of hydrogen-bond acceptors (Lipinski definition) is 4. The highest BCUT2D eigenvalue weighted by Gasteiger charge is 2.13. The van der Waals surface area contributed by atoms with E-state index in [4.69, 9.17) is 27.1 Å². The lowest BCUT2D eigenvalue weighted by molar-refractivity contribution is 0.0369. The maximum absolute atomic E-state index is 6.18. The number of imidazole rings is 1. The second-order valence-corrected chi connectivity index (χ2v) is 6.45. The Kier molecular flexibility index (Phi) is 5.89. The van der Waals surface area contributed by atoms with Gasteiger partial charge in [-0.2, -0.15) is 0 Å². The summed E-state index contributed by atoms with van der Waals surface area (Å²) in [5.74, 6) is 1.12. The molecule has 2 aromatic rings. The van der Waals surface area contributed by atoms with E-state index < -0.39 is 0 Å². The fourth-order valence-electron chi connectivity index (χ4n) is 3.12. The number of nitrogens with two attached hydrogens (primary N) is 1. The standard InChI is InChI=1S/C17H25ClN4O/c18-14-4-5-15-16(13-14)22(17(20-15)3-1-6-19)8-2-7-21-9-11-23-12-10-21/h4-5,13H,1-3,6-12,19H2. The summed E-state index contributed by atoms with van der Waals surface area (Å²) in [6, 6.07) is 5.92. The Morgan fingerprint density at radius 3 is 2.78 bits per heavy atom. The fraction of sp³-hybridized carbons (Fsp3) is 0.588. The zero-order valence-corrected chi connectivity index (χ0v) is 14.3. The molecule has 126 valence electrons. The second kappa shape index (κ2) is 8.11. The predicted molar refractivity (Wildman–Crippen MR) is 94.0 cm³/mol. The van der Waals surface area contributed by atoms with Gasteiger partial charge in [-0.15, -0.1) is 0 Å². The Labute approximate surface area is 142 Å². The molecule has 1 aromatic heterocycles. The van der Waals surface area contributed by atoms with Crippen LogP contribution in [0.2, 0.25) is 5.02 Å². The van der Waals surface area contributed by atoms with Gasteiger partial charge in [-0.05, 0) is 37.6 Å². The van der Waals surface area contributed by atoms with Crippen LogP contribution in [0.5, 0.6) is 0 Å². The van der Waals surface area contributed by atoms with E-state index in [1.54, 1.807) is 0 Å². The molecule has 1 aliphatic heterocycles. The average Bonchev–Trinajstić information content (AvgIpc) is 2.91. The third kappa shape index (κ3) is 4.23. The minimum atomic E-state index is 0.692. The number of fused-ring (bicyclic) bond motifs is 1. The molecule has 0 unspecified atom stereocenters. The largest absolute Gasteiger partial charge is 0.379 e. The van der Waals surface area contributed by atoms with Crippen molar-refractivity contribution < 1.29 is 4.74 Å². The molecule has 0 amide bonds. The van der Waals surface area contributed by atoms with Crippen LogP contribution in [0.3, 0.4) is 0 Å². The quantitative estimate of drug-likeness (QED) is 0.843. The fourth-order valence-corrected chi connectivity index (χ4v) is 3.29. The summed E-state index contributed by atoms with van der Waals surface area (Å²) < 4.78 is 7.72. The summed E-state index contributed by atoms with van der Waals surface area (Å²) in [5.41, 5.74) is 7.82. The van der Waals surface area contributed by atoms with Crippen LogP contribution in [-0.4, -0.2) is 53.8 Å². The second-order valence-electron chi connectivity index (χ2n) is 6.01. The summed E-state index contributed by atoms with van der Waals surface area (Å²) in [5, 5.41) is 0.761. The van der Waals surface area contributed by atoms with Crippen LogP contribution < -0.4 is 5.73 Å². The van der Waals surface area contributed by atoms with Crippen molar-refractivity contribution >= 4 is 22.6 Å². The molecule has 0 radical (unpaired) electrons. The highest BCUT2D eigenvalue weighted by Crippen LogP contribution is 2.22. The van der Waals surface area contributed by atoms with Crippen LogP contribution >= 0.6 is 11.6 Å². The lowest BCUT2D eigenvalue weighted by Gasteiger charge is -2.26. The van der Waals surface area contributed by atoms with E-state index in [1.165, 1.54) is 0 Å². The van der Waals surface area contributed by atoms with E-state index in [0.717, 1.165) is 80.5 Å².